The van der Waals surface area contributed by atoms with E-state index in [-0.39, 0.29) is 24.3 Å². The van der Waals surface area contributed by atoms with Crippen LogP contribution in [0.4, 0.5) is 0 Å². The summed E-state index contributed by atoms with van der Waals surface area (Å²) in [4.78, 5) is 16.9. The summed E-state index contributed by atoms with van der Waals surface area (Å²) in [6, 6.07) is -0.0198. The van der Waals surface area contributed by atoms with E-state index in [4.69, 9.17) is 18.9 Å². The summed E-state index contributed by atoms with van der Waals surface area (Å²) in [5.41, 5.74) is 0. The van der Waals surface area contributed by atoms with Gasteiger partial charge in [0.05, 0.1) is 19.2 Å². The molecule has 12 heteroatoms. The van der Waals surface area contributed by atoms with Gasteiger partial charge in [0.1, 0.15) is 26.2 Å². The third-order valence-electron chi connectivity index (χ3n) is 7.78. The second kappa shape index (κ2) is 22.2. The van der Waals surface area contributed by atoms with Gasteiger partial charge in [-0.1, -0.05) is 0 Å². The normalized spacial score (nSPS) is 21.8. The molecule has 0 radical (unpaired) electrons. The zero-order valence-electron chi connectivity index (χ0n) is 28.7. The molecule has 1 heterocycles. The number of likely N-dealkylation sites (N-methyl/N-ethyl adjacent to an activating group) is 4. The van der Waals surface area contributed by atoms with Crippen LogP contribution >= 0.6 is 0 Å². The smallest absolute Gasteiger partial charge is 0.142 e. The van der Waals surface area contributed by atoms with Crippen LogP contribution in [0.5, 0.6) is 0 Å². The summed E-state index contributed by atoms with van der Waals surface area (Å²) in [5.74, 6) is 0. The SMILES string of the molecule is B[C@@H]1O[C@H](COC)C(OC)[C@@H]1OCCN(CCN(CCN(C)C)CCN(C)C)CCN(CCN(C)C)CCN(C)C. The zero-order chi connectivity index (χ0) is 30.8. The molecule has 1 fully saturated rings. The first-order valence-corrected chi connectivity index (χ1v) is 15.5. The average Bonchev–Trinajstić information content (AvgIpc) is 3.20. The van der Waals surface area contributed by atoms with E-state index in [1.807, 2.05) is 0 Å². The number of nitrogens with zero attached hydrogens (tertiary/aromatic N) is 7. The molecule has 0 saturated carbocycles. The molecule has 244 valence electrons. The van der Waals surface area contributed by atoms with Gasteiger partial charge in [0, 0.05) is 99.3 Å². The third kappa shape index (κ3) is 17.5. The molecular weight excluding hydrogens is 521 g/mol. The Kier molecular flexibility index (Phi) is 20.9. The predicted octanol–water partition coefficient (Wildman–Crippen LogP) is -1.46. The summed E-state index contributed by atoms with van der Waals surface area (Å²) in [6.45, 7) is 14.8. The van der Waals surface area contributed by atoms with Crippen molar-refractivity contribution in [3.63, 3.8) is 0 Å². The molecule has 4 atom stereocenters. The van der Waals surface area contributed by atoms with E-state index in [0.29, 0.717) is 13.2 Å². The zero-order valence-corrected chi connectivity index (χ0v) is 28.7. The Hall–Kier alpha value is -0.375. The highest BCUT2D eigenvalue weighted by Crippen LogP contribution is 2.25. The lowest BCUT2D eigenvalue weighted by Gasteiger charge is -2.32. The molecule has 0 amide bonds. The van der Waals surface area contributed by atoms with Crippen LogP contribution in [0.2, 0.25) is 0 Å². The van der Waals surface area contributed by atoms with Crippen molar-refractivity contribution in [1.82, 2.24) is 34.3 Å². The predicted molar refractivity (Wildman–Crippen MR) is 173 cm³/mol. The van der Waals surface area contributed by atoms with Crippen molar-refractivity contribution in [3.8, 4) is 0 Å². The van der Waals surface area contributed by atoms with Crippen LogP contribution in [0.3, 0.4) is 0 Å². The van der Waals surface area contributed by atoms with E-state index in [9.17, 15) is 0 Å². The molecule has 11 nitrogen and oxygen atoms in total. The van der Waals surface area contributed by atoms with Crippen LogP contribution in [0, 0.1) is 0 Å². The van der Waals surface area contributed by atoms with Crippen molar-refractivity contribution < 1.29 is 18.9 Å². The van der Waals surface area contributed by atoms with Gasteiger partial charge >= 0.3 is 0 Å². The van der Waals surface area contributed by atoms with E-state index >= 15 is 0 Å². The first-order valence-electron chi connectivity index (χ1n) is 15.5. The third-order valence-corrected chi connectivity index (χ3v) is 7.78. The molecular formula is C29H66BN7O4. The molecule has 0 N–H and O–H groups in total. The van der Waals surface area contributed by atoms with Crippen LogP contribution < -0.4 is 0 Å². The summed E-state index contributed by atoms with van der Waals surface area (Å²) in [7, 11) is 22.8. The van der Waals surface area contributed by atoms with Gasteiger partial charge in [0.15, 0.2) is 0 Å². The Labute approximate surface area is 254 Å². The number of methoxy groups -OCH3 is 2. The number of hydrogen-bond donors (Lipinski definition) is 0. The minimum absolute atomic E-state index is 0.0198. The Morgan fingerprint density at radius 3 is 1.24 bits per heavy atom. The molecule has 1 saturated heterocycles. The number of hydrogen-bond acceptors (Lipinski definition) is 11. The van der Waals surface area contributed by atoms with Gasteiger partial charge in [-0.2, -0.15) is 0 Å². The highest BCUT2D eigenvalue weighted by atomic mass is 16.6. The molecule has 0 aromatic heterocycles. The van der Waals surface area contributed by atoms with Crippen molar-refractivity contribution >= 4 is 7.85 Å². The average molecular weight is 588 g/mol. The summed E-state index contributed by atoms with van der Waals surface area (Å²) in [5, 5.41) is 0. The van der Waals surface area contributed by atoms with E-state index in [2.05, 4.69) is 98.5 Å². The van der Waals surface area contributed by atoms with Crippen LogP contribution in [0.25, 0.3) is 0 Å². The van der Waals surface area contributed by atoms with E-state index in [1.54, 1.807) is 14.2 Å². The standard InChI is InChI=1S/C29H66BN7O4/c1-31(2)11-15-35(16-12-32(3)4)19-21-37(22-20-36(17-13-33(5)6)18-14-34(7)8)23-24-40-28-27(39-10)26(25-38-9)41-29(28)30/h26-29H,11-25,30H2,1-10H3/t26-,27?,28+,29-/m1/s1. The summed E-state index contributed by atoms with van der Waals surface area (Å²) in [6.07, 6.45) is -0.293. The number of rotatable bonds is 25. The van der Waals surface area contributed by atoms with Crippen molar-refractivity contribution in [2.45, 2.75) is 24.3 Å². The molecule has 1 aliphatic rings. The van der Waals surface area contributed by atoms with Gasteiger partial charge in [-0.3, -0.25) is 14.7 Å². The maximum absolute atomic E-state index is 6.45. The fraction of sp³-hybridized carbons (Fsp3) is 1.00. The van der Waals surface area contributed by atoms with Gasteiger partial charge in [0.25, 0.3) is 0 Å². The number of ether oxygens (including phenoxy) is 4. The van der Waals surface area contributed by atoms with Gasteiger partial charge in [-0.25, -0.2) is 0 Å². The highest BCUT2D eigenvalue weighted by molar-refractivity contribution is 6.11. The van der Waals surface area contributed by atoms with Gasteiger partial charge in [-0.15, -0.1) is 0 Å². The quantitative estimate of drug-likeness (QED) is 0.118. The van der Waals surface area contributed by atoms with E-state index in [0.717, 1.165) is 85.1 Å². The van der Waals surface area contributed by atoms with Crippen molar-refractivity contribution in [2.75, 3.05) is 169 Å². The van der Waals surface area contributed by atoms with E-state index < -0.39 is 0 Å². The molecule has 0 bridgehead atoms. The highest BCUT2D eigenvalue weighted by Gasteiger charge is 2.43. The van der Waals surface area contributed by atoms with Crippen molar-refractivity contribution in [3.05, 3.63) is 0 Å². The summed E-state index contributed by atoms with van der Waals surface area (Å²) < 4.78 is 23.7. The molecule has 0 spiro atoms. The molecule has 1 unspecified atom stereocenters. The molecule has 0 aromatic carbocycles. The fourth-order valence-corrected chi connectivity index (χ4v) is 4.98. The Bertz CT molecular complexity index is 580. The topological polar surface area (TPSA) is 59.6 Å². The largest absolute Gasteiger partial charge is 0.382 e. The minimum Gasteiger partial charge on any atom is -0.382 e. The second-order valence-corrected chi connectivity index (χ2v) is 12.6. The van der Waals surface area contributed by atoms with Crippen LogP contribution in [-0.2, 0) is 18.9 Å². The molecule has 1 rings (SSSR count). The van der Waals surface area contributed by atoms with Crippen molar-refractivity contribution in [1.29, 1.82) is 0 Å². The Morgan fingerprint density at radius 2 is 0.902 bits per heavy atom. The van der Waals surface area contributed by atoms with E-state index in [1.165, 1.54) is 0 Å². The first-order chi connectivity index (χ1) is 19.5. The van der Waals surface area contributed by atoms with Crippen molar-refractivity contribution in [2.24, 2.45) is 0 Å². The maximum atomic E-state index is 6.45. The van der Waals surface area contributed by atoms with Crippen LogP contribution in [0.15, 0.2) is 0 Å². The second-order valence-electron chi connectivity index (χ2n) is 12.6. The molecule has 41 heavy (non-hydrogen) atoms. The monoisotopic (exact) mass is 588 g/mol. The van der Waals surface area contributed by atoms with Gasteiger partial charge in [0.2, 0.25) is 0 Å². The Balaban J connectivity index is 2.86. The molecule has 0 aliphatic carbocycles. The minimum atomic E-state index is -0.112. The lowest BCUT2D eigenvalue weighted by molar-refractivity contribution is -0.0586. The lowest BCUT2D eigenvalue weighted by atomic mass is 9.93. The molecule has 0 aromatic rings. The molecule has 1 aliphatic heterocycles. The van der Waals surface area contributed by atoms with Crippen LogP contribution in [-0.4, -0.2) is 235 Å². The van der Waals surface area contributed by atoms with Gasteiger partial charge in [-0.05, 0) is 56.4 Å². The summed E-state index contributed by atoms with van der Waals surface area (Å²) >= 11 is 0. The first kappa shape index (κ1) is 38.6. The maximum Gasteiger partial charge on any atom is 0.142 e. The lowest BCUT2D eigenvalue weighted by Crippen LogP contribution is -2.46. The fourth-order valence-electron chi connectivity index (χ4n) is 4.98. The van der Waals surface area contributed by atoms with Crippen LogP contribution in [0.1, 0.15) is 0 Å². The van der Waals surface area contributed by atoms with Gasteiger partial charge < -0.3 is 38.5 Å². The Morgan fingerprint density at radius 1 is 0.537 bits per heavy atom.